The number of sulfonamides is 2. The maximum absolute atomic E-state index is 13.7. The molecule has 0 aromatic heterocycles. The van der Waals surface area contributed by atoms with Crippen molar-refractivity contribution in [2.24, 2.45) is 0 Å². The van der Waals surface area contributed by atoms with Gasteiger partial charge in [-0.05, 0) is 60.4 Å². The second-order valence-corrected chi connectivity index (χ2v) is 12.8. The van der Waals surface area contributed by atoms with Crippen LogP contribution in [0.4, 0.5) is 0 Å². The van der Waals surface area contributed by atoms with Crippen molar-refractivity contribution in [2.75, 3.05) is 20.2 Å². The van der Waals surface area contributed by atoms with E-state index in [9.17, 15) is 16.8 Å². The molecule has 0 N–H and O–H groups in total. The molecular formula is C27H32N2O5S2. The molecular weight excluding hydrogens is 496 g/mol. The van der Waals surface area contributed by atoms with E-state index in [1.54, 1.807) is 19.2 Å². The van der Waals surface area contributed by atoms with Crippen LogP contribution in [-0.4, -0.2) is 45.6 Å². The van der Waals surface area contributed by atoms with Crippen LogP contribution in [0.3, 0.4) is 0 Å². The van der Waals surface area contributed by atoms with Gasteiger partial charge in [0.25, 0.3) is 0 Å². The smallest absolute Gasteiger partial charge is 0.243 e. The highest BCUT2D eigenvalue weighted by Crippen LogP contribution is 2.25. The van der Waals surface area contributed by atoms with E-state index in [1.807, 2.05) is 42.5 Å². The molecule has 0 bridgehead atoms. The molecule has 0 spiro atoms. The van der Waals surface area contributed by atoms with E-state index in [4.69, 9.17) is 4.74 Å². The molecule has 7 nitrogen and oxygen atoms in total. The highest BCUT2D eigenvalue weighted by molar-refractivity contribution is 7.89. The zero-order chi connectivity index (χ0) is 25.6. The fourth-order valence-electron chi connectivity index (χ4n) is 4.31. The molecule has 0 unspecified atom stereocenters. The highest BCUT2D eigenvalue weighted by atomic mass is 32.2. The normalized spacial score (nSPS) is 15.5. The standard InChI is InChI=1S/C27H32N2O5S2/c1-34-25-13-11-24(12-14-25)22-29(21-23-9-5-4-6-10-23)36(32,33)27-17-15-26(16-18-27)35(30,31)28-19-7-2-3-8-20-28/h4-6,9-18H,2-3,7-8,19-22H2,1H3. The van der Waals surface area contributed by atoms with Crippen LogP contribution in [-0.2, 0) is 33.1 Å². The van der Waals surface area contributed by atoms with Crippen molar-refractivity contribution in [1.82, 2.24) is 8.61 Å². The molecule has 0 amide bonds. The van der Waals surface area contributed by atoms with Gasteiger partial charge in [-0.3, -0.25) is 0 Å². The first kappa shape index (κ1) is 26.3. The first-order chi connectivity index (χ1) is 17.3. The third-order valence-corrected chi connectivity index (χ3v) is 10.1. The maximum atomic E-state index is 13.7. The minimum absolute atomic E-state index is 0.0572. The largest absolute Gasteiger partial charge is 0.497 e. The monoisotopic (exact) mass is 528 g/mol. The zero-order valence-electron chi connectivity index (χ0n) is 20.4. The lowest BCUT2D eigenvalue weighted by molar-refractivity contribution is 0.399. The molecule has 0 radical (unpaired) electrons. The number of benzene rings is 3. The van der Waals surface area contributed by atoms with E-state index in [0.29, 0.717) is 18.8 Å². The number of nitrogens with zero attached hydrogens (tertiary/aromatic N) is 2. The maximum Gasteiger partial charge on any atom is 0.243 e. The quantitative estimate of drug-likeness (QED) is 0.404. The molecule has 1 aliphatic heterocycles. The van der Waals surface area contributed by atoms with Crippen LogP contribution in [0.2, 0.25) is 0 Å². The topological polar surface area (TPSA) is 84.0 Å². The summed E-state index contributed by atoms with van der Waals surface area (Å²) < 4.78 is 61.8. The van der Waals surface area contributed by atoms with Crippen molar-refractivity contribution >= 4 is 20.0 Å². The fraction of sp³-hybridized carbons (Fsp3) is 0.333. The number of ether oxygens (including phenoxy) is 1. The molecule has 0 aliphatic carbocycles. The van der Waals surface area contributed by atoms with Crippen LogP contribution in [0.1, 0.15) is 36.8 Å². The Morgan fingerprint density at radius 1 is 0.694 bits per heavy atom. The molecule has 9 heteroatoms. The van der Waals surface area contributed by atoms with Crippen molar-refractivity contribution in [3.05, 3.63) is 90.0 Å². The van der Waals surface area contributed by atoms with Crippen LogP contribution in [0.25, 0.3) is 0 Å². The van der Waals surface area contributed by atoms with Gasteiger partial charge in [-0.15, -0.1) is 0 Å². The first-order valence-electron chi connectivity index (χ1n) is 12.1. The molecule has 3 aromatic carbocycles. The first-order valence-corrected chi connectivity index (χ1v) is 15.0. The fourth-order valence-corrected chi connectivity index (χ4v) is 7.24. The Hall–Kier alpha value is -2.72. The van der Waals surface area contributed by atoms with Crippen LogP contribution >= 0.6 is 0 Å². The number of methoxy groups -OCH3 is 1. The lowest BCUT2D eigenvalue weighted by atomic mass is 10.2. The Morgan fingerprint density at radius 3 is 1.78 bits per heavy atom. The molecule has 1 saturated heterocycles. The summed E-state index contributed by atoms with van der Waals surface area (Å²) in [5, 5.41) is 0. The van der Waals surface area contributed by atoms with Crippen LogP contribution in [0.5, 0.6) is 5.75 Å². The van der Waals surface area contributed by atoms with Gasteiger partial charge in [-0.25, -0.2) is 16.8 Å². The third kappa shape index (κ3) is 6.15. The number of hydrogen-bond donors (Lipinski definition) is 0. The predicted molar refractivity (Wildman–Crippen MR) is 140 cm³/mol. The summed E-state index contributed by atoms with van der Waals surface area (Å²) in [5.74, 6) is 0.692. The molecule has 0 atom stereocenters. The van der Waals surface area contributed by atoms with Crippen molar-refractivity contribution in [3.8, 4) is 5.75 Å². The van der Waals surface area contributed by atoms with Gasteiger partial charge in [0.15, 0.2) is 0 Å². The second kappa shape index (κ2) is 11.6. The summed E-state index contributed by atoms with van der Waals surface area (Å²) in [5.41, 5.74) is 1.67. The van der Waals surface area contributed by atoms with Crippen molar-refractivity contribution < 1.29 is 21.6 Å². The van der Waals surface area contributed by atoms with E-state index >= 15 is 0 Å². The van der Waals surface area contributed by atoms with Gasteiger partial charge in [0.05, 0.1) is 16.9 Å². The molecule has 1 aliphatic rings. The Kier molecular flexibility index (Phi) is 8.46. The number of rotatable bonds is 9. The van der Waals surface area contributed by atoms with Crippen LogP contribution < -0.4 is 4.74 Å². The Balaban J connectivity index is 1.61. The highest BCUT2D eigenvalue weighted by Gasteiger charge is 2.28. The van der Waals surface area contributed by atoms with Crippen molar-refractivity contribution in [1.29, 1.82) is 0 Å². The van der Waals surface area contributed by atoms with Crippen molar-refractivity contribution in [2.45, 2.75) is 48.6 Å². The van der Waals surface area contributed by atoms with Gasteiger partial charge in [0.2, 0.25) is 20.0 Å². The van der Waals surface area contributed by atoms with E-state index in [2.05, 4.69) is 0 Å². The third-order valence-electron chi connectivity index (χ3n) is 6.38. The molecule has 192 valence electrons. The Bertz CT molecular complexity index is 1330. The van der Waals surface area contributed by atoms with Gasteiger partial charge in [0, 0.05) is 26.2 Å². The summed E-state index contributed by atoms with van der Waals surface area (Å²) >= 11 is 0. The SMILES string of the molecule is COc1ccc(CN(Cc2ccccc2)S(=O)(=O)c2ccc(S(=O)(=O)N3CCCCCC3)cc2)cc1. The van der Waals surface area contributed by atoms with Gasteiger partial charge < -0.3 is 4.74 Å². The molecule has 36 heavy (non-hydrogen) atoms. The Morgan fingerprint density at radius 2 is 1.22 bits per heavy atom. The van der Waals surface area contributed by atoms with Gasteiger partial charge in [0.1, 0.15) is 5.75 Å². The van der Waals surface area contributed by atoms with Gasteiger partial charge >= 0.3 is 0 Å². The van der Waals surface area contributed by atoms with E-state index in [1.165, 1.54) is 32.9 Å². The lowest BCUT2D eigenvalue weighted by Gasteiger charge is -2.23. The van der Waals surface area contributed by atoms with Crippen molar-refractivity contribution in [3.63, 3.8) is 0 Å². The zero-order valence-corrected chi connectivity index (χ0v) is 22.0. The predicted octanol–water partition coefficient (Wildman–Crippen LogP) is 4.65. The minimum atomic E-state index is -3.91. The summed E-state index contributed by atoms with van der Waals surface area (Å²) in [7, 11) is -5.99. The van der Waals surface area contributed by atoms with E-state index in [-0.39, 0.29) is 22.9 Å². The van der Waals surface area contributed by atoms with Crippen LogP contribution in [0, 0.1) is 0 Å². The summed E-state index contributed by atoms with van der Waals surface area (Å²) in [6.07, 6.45) is 3.72. The molecule has 0 saturated carbocycles. The Labute approximate surface area is 214 Å². The van der Waals surface area contributed by atoms with Gasteiger partial charge in [-0.1, -0.05) is 55.3 Å². The van der Waals surface area contributed by atoms with Gasteiger partial charge in [-0.2, -0.15) is 8.61 Å². The molecule has 4 rings (SSSR count). The number of hydrogen-bond acceptors (Lipinski definition) is 5. The summed E-state index contributed by atoms with van der Waals surface area (Å²) in [6, 6.07) is 22.3. The summed E-state index contributed by atoms with van der Waals surface area (Å²) in [4.78, 5) is 0.176. The molecule has 1 heterocycles. The second-order valence-electron chi connectivity index (χ2n) is 8.90. The molecule has 3 aromatic rings. The van der Waals surface area contributed by atoms with E-state index in [0.717, 1.165) is 36.8 Å². The lowest BCUT2D eigenvalue weighted by Crippen LogP contribution is -2.32. The van der Waals surface area contributed by atoms with Crippen LogP contribution in [0.15, 0.2) is 88.7 Å². The average molecular weight is 529 g/mol. The minimum Gasteiger partial charge on any atom is -0.497 e. The van der Waals surface area contributed by atoms with E-state index < -0.39 is 20.0 Å². The molecule has 1 fully saturated rings. The summed E-state index contributed by atoms with van der Waals surface area (Å²) in [6.45, 7) is 1.34. The average Bonchev–Trinajstić information content (AvgIpc) is 3.20.